The van der Waals surface area contributed by atoms with Crippen LogP contribution in [-0.2, 0) is 9.53 Å². The van der Waals surface area contributed by atoms with Crippen molar-refractivity contribution in [2.45, 2.75) is 97.2 Å². The number of carbonyl (C=O) groups excluding carboxylic acids is 3. The van der Waals surface area contributed by atoms with E-state index in [9.17, 15) is 14.4 Å². The topological polar surface area (TPSA) is 156 Å². The number of nitrogens with one attached hydrogen (secondary N) is 1. The van der Waals surface area contributed by atoms with Crippen molar-refractivity contribution in [3.8, 4) is 5.75 Å². The van der Waals surface area contributed by atoms with Crippen molar-refractivity contribution < 1.29 is 23.9 Å². The van der Waals surface area contributed by atoms with Gasteiger partial charge in [0, 0.05) is 45.1 Å². The Hall–Kier alpha value is -3.64. The lowest BCUT2D eigenvalue weighted by Gasteiger charge is -2.35. The van der Waals surface area contributed by atoms with Crippen LogP contribution < -0.4 is 20.7 Å². The van der Waals surface area contributed by atoms with Crippen LogP contribution in [-0.4, -0.2) is 101 Å². The fourth-order valence-electron chi connectivity index (χ4n) is 5.88. The highest BCUT2D eigenvalue weighted by Crippen LogP contribution is 2.26. The third-order valence-corrected chi connectivity index (χ3v) is 8.38. The molecule has 1 aromatic heterocycles. The Balaban J connectivity index is 1.24. The predicted molar refractivity (Wildman–Crippen MR) is 168 cm³/mol. The van der Waals surface area contributed by atoms with Gasteiger partial charge in [-0.1, -0.05) is 13.8 Å². The fourth-order valence-corrected chi connectivity index (χ4v) is 5.88. The van der Waals surface area contributed by atoms with Crippen molar-refractivity contribution in [1.29, 1.82) is 0 Å². The van der Waals surface area contributed by atoms with Crippen LogP contribution in [0.2, 0.25) is 0 Å². The van der Waals surface area contributed by atoms with Gasteiger partial charge in [0.25, 0.3) is 0 Å². The number of anilines is 1. The van der Waals surface area contributed by atoms with E-state index in [0.29, 0.717) is 69.2 Å². The van der Waals surface area contributed by atoms with Gasteiger partial charge in [-0.15, -0.1) is 0 Å². The zero-order valence-electron chi connectivity index (χ0n) is 27.0. The van der Waals surface area contributed by atoms with E-state index in [1.54, 1.807) is 17.3 Å². The number of ether oxygens (including phenoxy) is 2. The standard InChI is InChI=1S/C31H50N8O5/c1-21(2)27(32)36-29(41)37-14-11-22(12-15-37)9-8-16-43-23-17-33-28(34-18-23)38-19-24(35-30(42)44-31(3,4)5)25(20-38)39-13-7-6-10-26(39)40/h17-18,21-22,24-25H,6-16,19-20H2,1-5H3,(H,35,42)(H2,32,36,41)/t24-,25?/m0/s1. The van der Waals surface area contributed by atoms with Crippen LogP contribution in [0.25, 0.3) is 0 Å². The van der Waals surface area contributed by atoms with Gasteiger partial charge in [0.05, 0.1) is 31.1 Å². The maximum absolute atomic E-state index is 12.7. The largest absolute Gasteiger partial charge is 0.490 e. The first-order valence-corrected chi connectivity index (χ1v) is 16.0. The number of nitrogens with zero attached hydrogens (tertiary/aromatic N) is 6. The van der Waals surface area contributed by atoms with E-state index in [1.165, 1.54) is 0 Å². The molecule has 0 saturated carbocycles. The summed E-state index contributed by atoms with van der Waals surface area (Å²) in [6.45, 7) is 12.9. The fraction of sp³-hybridized carbons (Fsp3) is 0.742. The van der Waals surface area contributed by atoms with Gasteiger partial charge in [-0.2, -0.15) is 4.99 Å². The Morgan fingerprint density at radius 1 is 1.11 bits per heavy atom. The summed E-state index contributed by atoms with van der Waals surface area (Å²) in [5, 5.41) is 2.99. The van der Waals surface area contributed by atoms with Crippen molar-refractivity contribution in [3.63, 3.8) is 0 Å². The lowest BCUT2D eigenvalue weighted by Crippen LogP contribution is -2.54. The number of amidine groups is 1. The molecule has 244 valence electrons. The zero-order valence-corrected chi connectivity index (χ0v) is 27.0. The second kappa shape index (κ2) is 14.9. The highest BCUT2D eigenvalue weighted by atomic mass is 16.6. The van der Waals surface area contributed by atoms with Crippen LogP contribution in [0.3, 0.4) is 0 Å². The summed E-state index contributed by atoms with van der Waals surface area (Å²) in [6.07, 6.45) is 9.04. The Bertz CT molecular complexity index is 1160. The molecule has 3 N–H and O–H groups in total. The smallest absolute Gasteiger partial charge is 0.408 e. The van der Waals surface area contributed by atoms with Gasteiger partial charge < -0.3 is 35.2 Å². The molecule has 1 unspecified atom stereocenters. The average Bonchev–Trinajstić information content (AvgIpc) is 3.38. The maximum atomic E-state index is 12.7. The summed E-state index contributed by atoms with van der Waals surface area (Å²) in [5.74, 6) is 2.22. The molecule has 0 aromatic carbocycles. The van der Waals surface area contributed by atoms with Crippen molar-refractivity contribution in [2.75, 3.05) is 44.2 Å². The Morgan fingerprint density at radius 3 is 2.45 bits per heavy atom. The number of amides is 4. The molecule has 13 heteroatoms. The molecule has 13 nitrogen and oxygen atoms in total. The first kappa shape index (κ1) is 33.3. The van der Waals surface area contributed by atoms with Crippen LogP contribution in [0.5, 0.6) is 5.75 Å². The molecule has 44 heavy (non-hydrogen) atoms. The lowest BCUT2D eigenvalue weighted by atomic mass is 9.92. The zero-order chi connectivity index (χ0) is 31.9. The second-order valence-electron chi connectivity index (χ2n) is 13.4. The number of piperidine rings is 2. The number of likely N-dealkylation sites (tertiary alicyclic amines) is 2. The molecular formula is C31H50N8O5. The third kappa shape index (κ3) is 9.43. The summed E-state index contributed by atoms with van der Waals surface area (Å²) in [5.41, 5.74) is 5.23. The first-order chi connectivity index (χ1) is 20.9. The molecule has 0 aliphatic carbocycles. The van der Waals surface area contributed by atoms with Crippen LogP contribution >= 0.6 is 0 Å². The van der Waals surface area contributed by atoms with E-state index in [1.807, 2.05) is 44.4 Å². The number of carbonyl (C=O) groups is 3. The predicted octanol–water partition coefficient (Wildman–Crippen LogP) is 3.58. The maximum Gasteiger partial charge on any atom is 0.408 e. The highest BCUT2D eigenvalue weighted by Gasteiger charge is 2.41. The van der Waals surface area contributed by atoms with Gasteiger partial charge in [-0.3, -0.25) is 4.79 Å². The second-order valence-corrected chi connectivity index (χ2v) is 13.4. The van der Waals surface area contributed by atoms with Gasteiger partial charge in [0.2, 0.25) is 11.9 Å². The molecular weight excluding hydrogens is 564 g/mol. The quantitative estimate of drug-likeness (QED) is 0.241. The van der Waals surface area contributed by atoms with Crippen molar-refractivity contribution in [2.24, 2.45) is 22.6 Å². The van der Waals surface area contributed by atoms with Crippen molar-refractivity contribution >= 4 is 29.8 Å². The Labute approximate surface area is 260 Å². The van der Waals surface area contributed by atoms with Gasteiger partial charge >= 0.3 is 12.1 Å². The van der Waals surface area contributed by atoms with Crippen molar-refractivity contribution in [3.05, 3.63) is 12.4 Å². The number of hydrogen-bond acceptors (Lipinski definition) is 8. The molecule has 4 rings (SSSR count). The molecule has 2 atom stereocenters. The van der Waals surface area contributed by atoms with Gasteiger partial charge in [0.15, 0.2) is 5.75 Å². The summed E-state index contributed by atoms with van der Waals surface area (Å²) >= 11 is 0. The number of urea groups is 1. The minimum Gasteiger partial charge on any atom is -0.490 e. The Kier molecular flexibility index (Phi) is 11.3. The van der Waals surface area contributed by atoms with Crippen LogP contribution in [0, 0.1) is 11.8 Å². The summed E-state index contributed by atoms with van der Waals surface area (Å²) in [7, 11) is 0. The minimum absolute atomic E-state index is 0.0579. The summed E-state index contributed by atoms with van der Waals surface area (Å²) in [6, 6.07) is -0.728. The molecule has 3 saturated heterocycles. The van der Waals surface area contributed by atoms with Crippen LogP contribution in [0.1, 0.15) is 79.6 Å². The lowest BCUT2D eigenvalue weighted by molar-refractivity contribution is -0.135. The van der Waals surface area contributed by atoms with E-state index in [4.69, 9.17) is 15.2 Å². The molecule has 0 spiro atoms. The molecule has 4 amide bonds. The van der Waals surface area contributed by atoms with E-state index >= 15 is 0 Å². The highest BCUT2D eigenvalue weighted by molar-refractivity contribution is 5.93. The van der Waals surface area contributed by atoms with Crippen LogP contribution in [0.4, 0.5) is 15.5 Å². The molecule has 4 heterocycles. The number of rotatable bonds is 9. The third-order valence-electron chi connectivity index (χ3n) is 8.38. The minimum atomic E-state index is -0.617. The number of hydrogen-bond donors (Lipinski definition) is 2. The van der Waals surface area contributed by atoms with E-state index in [2.05, 4.69) is 20.3 Å². The SMILES string of the molecule is CC(C)/C(N)=N/C(=O)N1CCC(CCCOc2cnc(N3CC(N4CCCCC4=O)[C@@H](NC(=O)OC(C)(C)C)C3)nc2)CC1. The molecule has 0 bridgehead atoms. The monoisotopic (exact) mass is 614 g/mol. The number of aliphatic imine (C=N–C) groups is 1. The summed E-state index contributed by atoms with van der Waals surface area (Å²) in [4.78, 5) is 56.5. The molecule has 3 aliphatic rings. The van der Waals surface area contributed by atoms with Gasteiger partial charge in [0.1, 0.15) is 11.4 Å². The van der Waals surface area contributed by atoms with Crippen LogP contribution in [0.15, 0.2) is 17.4 Å². The van der Waals surface area contributed by atoms with E-state index in [-0.39, 0.29) is 29.9 Å². The van der Waals surface area contributed by atoms with E-state index < -0.39 is 11.7 Å². The van der Waals surface area contributed by atoms with Crippen molar-refractivity contribution in [1.82, 2.24) is 25.1 Å². The first-order valence-electron chi connectivity index (χ1n) is 16.0. The number of nitrogens with two attached hydrogens (primary N) is 1. The van der Waals surface area contributed by atoms with E-state index in [0.717, 1.165) is 38.5 Å². The number of aromatic nitrogens is 2. The van der Waals surface area contributed by atoms with Gasteiger partial charge in [-0.25, -0.2) is 19.6 Å². The normalized spacial score (nSPS) is 22.0. The molecule has 3 fully saturated rings. The molecule has 3 aliphatic heterocycles. The molecule has 0 radical (unpaired) electrons. The number of alkyl carbamates (subject to hydrolysis) is 1. The summed E-state index contributed by atoms with van der Waals surface area (Å²) < 4.78 is 11.4. The Morgan fingerprint density at radius 2 is 1.82 bits per heavy atom. The average molecular weight is 615 g/mol. The molecule has 1 aromatic rings. The van der Waals surface area contributed by atoms with Gasteiger partial charge in [-0.05, 0) is 65.2 Å².